The largest absolute Gasteiger partial charge is 0.494 e. The lowest BCUT2D eigenvalue weighted by Crippen LogP contribution is -2.49. The van der Waals surface area contributed by atoms with Crippen LogP contribution in [-0.2, 0) is 0 Å². The molecule has 5 rings (SSSR count). The molecule has 9 heteroatoms. The number of nitriles is 1. The maximum absolute atomic E-state index is 16.5. The van der Waals surface area contributed by atoms with Crippen LogP contribution >= 0.6 is 22.6 Å². The molecule has 2 aromatic heterocycles. The molecule has 0 aliphatic carbocycles. The minimum Gasteiger partial charge on any atom is -0.494 e. The van der Waals surface area contributed by atoms with E-state index in [1.165, 1.54) is 7.11 Å². The van der Waals surface area contributed by atoms with E-state index in [0.717, 1.165) is 6.54 Å². The molecule has 1 aliphatic heterocycles. The fourth-order valence-electron chi connectivity index (χ4n) is 4.93. The molecule has 34 heavy (non-hydrogen) atoms. The molecule has 0 unspecified atom stereocenters. The first-order chi connectivity index (χ1) is 16.3. The summed E-state index contributed by atoms with van der Waals surface area (Å²) in [5, 5.41) is 10.8. The first-order valence-electron chi connectivity index (χ1n) is 11.2. The SMILES string of the molecule is COc1cc2c(=O)c3c4ccc(C#N)cc4[nH]c3n(C(C)C)c2c(F)c1N1CCN(C)[C@H](I)C1. The van der Waals surface area contributed by atoms with Gasteiger partial charge in [-0.2, -0.15) is 5.26 Å². The Balaban J connectivity index is 1.90. The molecule has 7 nitrogen and oxygen atoms in total. The number of hydrogen-bond donors (Lipinski definition) is 1. The Kier molecular flexibility index (Phi) is 5.68. The van der Waals surface area contributed by atoms with Crippen LogP contribution in [0.4, 0.5) is 10.1 Å². The maximum Gasteiger partial charge on any atom is 0.199 e. The molecule has 0 bridgehead atoms. The molecule has 1 atom stereocenters. The number of H-pyrrole nitrogens is 1. The van der Waals surface area contributed by atoms with E-state index >= 15 is 4.39 Å². The van der Waals surface area contributed by atoms with Gasteiger partial charge in [0.25, 0.3) is 0 Å². The molecule has 2 aromatic carbocycles. The van der Waals surface area contributed by atoms with Crippen LogP contribution in [-0.4, -0.2) is 52.3 Å². The van der Waals surface area contributed by atoms with Gasteiger partial charge in [0.15, 0.2) is 11.2 Å². The van der Waals surface area contributed by atoms with Crippen LogP contribution in [0.25, 0.3) is 32.8 Å². The van der Waals surface area contributed by atoms with Crippen molar-refractivity contribution < 1.29 is 9.13 Å². The standard InChI is InChI=1S/C25H25FIN5O2/c1-13(2)32-22-16(24(33)20-15-6-5-14(11-28)9-17(15)29-25(20)32)10-18(34-4)23(21(22)26)31-8-7-30(3)19(27)12-31/h5-6,9-10,13,19,29H,7-8,12H2,1-4H3/t19-/m0/s1. The summed E-state index contributed by atoms with van der Waals surface area (Å²) < 4.78 is 24.2. The Hall–Kier alpha value is -2.84. The van der Waals surface area contributed by atoms with Crippen LogP contribution in [0.5, 0.6) is 5.75 Å². The maximum atomic E-state index is 16.5. The number of aromatic nitrogens is 2. The number of nitrogens with one attached hydrogen (secondary N) is 1. The highest BCUT2D eigenvalue weighted by Crippen LogP contribution is 2.40. The van der Waals surface area contributed by atoms with Crippen molar-refractivity contribution in [3.05, 3.63) is 45.9 Å². The number of aromatic amines is 1. The Bertz CT molecular complexity index is 1550. The van der Waals surface area contributed by atoms with Crippen LogP contribution in [0.2, 0.25) is 0 Å². The monoisotopic (exact) mass is 573 g/mol. The number of pyridine rings is 1. The van der Waals surface area contributed by atoms with Crippen molar-refractivity contribution in [1.82, 2.24) is 14.5 Å². The predicted molar refractivity (Wildman–Crippen MR) is 142 cm³/mol. The van der Waals surface area contributed by atoms with Gasteiger partial charge in [0.2, 0.25) is 0 Å². The van der Waals surface area contributed by atoms with Crippen molar-refractivity contribution in [2.75, 3.05) is 38.7 Å². The van der Waals surface area contributed by atoms with Crippen molar-refractivity contribution >= 4 is 61.1 Å². The summed E-state index contributed by atoms with van der Waals surface area (Å²) in [5.41, 5.74) is 2.12. The van der Waals surface area contributed by atoms with E-state index in [4.69, 9.17) is 4.74 Å². The molecule has 1 aliphatic rings. The number of rotatable bonds is 3. The molecule has 176 valence electrons. The van der Waals surface area contributed by atoms with Crippen LogP contribution in [0.15, 0.2) is 29.1 Å². The molecule has 1 saturated heterocycles. The molecular weight excluding hydrogens is 548 g/mol. The molecule has 4 aromatic rings. The Morgan fingerprint density at radius 3 is 2.68 bits per heavy atom. The smallest absolute Gasteiger partial charge is 0.199 e. The topological polar surface area (TPSA) is 77.3 Å². The fourth-order valence-corrected chi connectivity index (χ4v) is 5.68. The first kappa shape index (κ1) is 22.9. The van der Waals surface area contributed by atoms with Crippen molar-refractivity contribution in [2.45, 2.75) is 23.9 Å². The number of anilines is 1. The Morgan fingerprint density at radius 1 is 1.26 bits per heavy atom. The molecule has 0 amide bonds. The van der Waals surface area contributed by atoms with Crippen LogP contribution < -0.4 is 15.1 Å². The summed E-state index contributed by atoms with van der Waals surface area (Å²) in [7, 11) is 3.57. The van der Waals surface area contributed by atoms with Crippen molar-refractivity contribution in [3.63, 3.8) is 0 Å². The van der Waals surface area contributed by atoms with E-state index in [1.54, 1.807) is 24.3 Å². The second kappa shape index (κ2) is 8.43. The number of methoxy groups -OCH3 is 1. The molecular formula is C25H25FIN5O2. The lowest BCUT2D eigenvalue weighted by Gasteiger charge is -2.38. The number of ether oxygens (including phenoxy) is 1. The van der Waals surface area contributed by atoms with Crippen molar-refractivity contribution in [2.24, 2.45) is 0 Å². The average molecular weight is 573 g/mol. The normalized spacial score (nSPS) is 17.2. The number of piperazine rings is 1. The minimum atomic E-state index is -0.452. The first-order valence-corrected chi connectivity index (χ1v) is 12.4. The molecule has 3 heterocycles. The van der Waals surface area contributed by atoms with Gasteiger partial charge >= 0.3 is 0 Å². The molecule has 0 saturated carbocycles. The number of halogens is 2. The summed E-state index contributed by atoms with van der Waals surface area (Å²) in [4.78, 5) is 21.3. The number of hydrogen-bond acceptors (Lipinski definition) is 5. The van der Waals surface area contributed by atoms with E-state index < -0.39 is 5.82 Å². The number of alkyl halides is 1. The highest BCUT2D eigenvalue weighted by atomic mass is 127. The minimum absolute atomic E-state index is 0.130. The highest BCUT2D eigenvalue weighted by Gasteiger charge is 2.30. The molecule has 0 spiro atoms. The third-order valence-corrected chi connectivity index (χ3v) is 8.01. The third-order valence-electron chi connectivity index (χ3n) is 6.67. The number of fused-ring (bicyclic) bond motifs is 4. The van der Waals surface area contributed by atoms with Crippen LogP contribution in [0.3, 0.4) is 0 Å². The van der Waals surface area contributed by atoms with Gasteiger partial charge in [0.05, 0.1) is 39.1 Å². The van der Waals surface area contributed by atoms with E-state index in [2.05, 4.69) is 45.6 Å². The van der Waals surface area contributed by atoms with E-state index in [0.29, 0.717) is 52.0 Å². The van der Waals surface area contributed by atoms with Crippen molar-refractivity contribution in [3.8, 4) is 11.8 Å². The second-order valence-corrected chi connectivity index (χ2v) is 10.5. The van der Waals surface area contributed by atoms with Gasteiger partial charge < -0.3 is 19.2 Å². The zero-order chi connectivity index (χ0) is 24.3. The van der Waals surface area contributed by atoms with Crippen LogP contribution in [0.1, 0.15) is 25.5 Å². The number of benzene rings is 2. The predicted octanol–water partition coefficient (Wildman–Crippen LogP) is 4.75. The summed E-state index contributed by atoms with van der Waals surface area (Å²) in [6, 6.07) is 8.87. The number of likely N-dealkylation sites (N-methyl/N-ethyl adjacent to an activating group) is 1. The molecule has 0 radical (unpaired) electrons. The zero-order valence-electron chi connectivity index (χ0n) is 19.4. The lowest BCUT2D eigenvalue weighted by molar-refractivity contribution is 0.296. The quantitative estimate of drug-likeness (QED) is 0.218. The number of nitrogens with zero attached hydrogens (tertiary/aromatic N) is 4. The van der Waals surface area contributed by atoms with Crippen molar-refractivity contribution in [1.29, 1.82) is 5.26 Å². The summed E-state index contributed by atoms with van der Waals surface area (Å²) in [6.45, 7) is 6.04. The Labute approximate surface area is 209 Å². The van der Waals surface area contributed by atoms with Gasteiger partial charge in [-0.1, -0.05) is 28.7 Å². The zero-order valence-corrected chi connectivity index (χ0v) is 21.6. The van der Waals surface area contributed by atoms with Gasteiger partial charge in [0, 0.05) is 36.6 Å². The highest BCUT2D eigenvalue weighted by molar-refractivity contribution is 14.1. The van der Waals surface area contributed by atoms with E-state index in [1.807, 2.05) is 23.3 Å². The summed E-state index contributed by atoms with van der Waals surface area (Å²) in [6.07, 6.45) is 0. The molecule has 1 N–H and O–H groups in total. The summed E-state index contributed by atoms with van der Waals surface area (Å²) in [5.74, 6) is -0.0944. The van der Waals surface area contributed by atoms with Gasteiger partial charge in [-0.05, 0) is 39.1 Å². The fraction of sp³-hybridized carbons (Fsp3) is 0.360. The van der Waals surface area contributed by atoms with E-state index in [-0.39, 0.29) is 26.4 Å². The third kappa shape index (κ3) is 3.34. The average Bonchev–Trinajstić information content (AvgIpc) is 3.19. The van der Waals surface area contributed by atoms with Gasteiger partial charge in [-0.15, -0.1) is 0 Å². The van der Waals surface area contributed by atoms with Crippen LogP contribution in [0, 0.1) is 17.1 Å². The second-order valence-electron chi connectivity index (χ2n) is 9.01. The van der Waals surface area contributed by atoms with E-state index in [9.17, 15) is 10.1 Å². The Morgan fingerprint density at radius 2 is 2.03 bits per heavy atom. The van der Waals surface area contributed by atoms with Gasteiger partial charge in [-0.25, -0.2) is 4.39 Å². The summed E-state index contributed by atoms with van der Waals surface area (Å²) >= 11 is 2.36. The molecule has 1 fully saturated rings. The van der Waals surface area contributed by atoms with Gasteiger partial charge in [-0.3, -0.25) is 9.69 Å². The van der Waals surface area contributed by atoms with Gasteiger partial charge in [0.1, 0.15) is 17.1 Å². The lowest BCUT2D eigenvalue weighted by atomic mass is 10.1.